The summed E-state index contributed by atoms with van der Waals surface area (Å²) in [5.41, 5.74) is 2.32. The molecule has 2 N–H and O–H groups in total. The molecule has 2 saturated heterocycles. The van der Waals surface area contributed by atoms with Crippen LogP contribution in [0.1, 0.15) is 32.1 Å². The fourth-order valence-corrected chi connectivity index (χ4v) is 5.75. The van der Waals surface area contributed by atoms with Gasteiger partial charge in [0.15, 0.2) is 0 Å². The molecular formula is C28H43N7O2. The highest BCUT2D eigenvalue weighted by Crippen LogP contribution is 2.30. The van der Waals surface area contributed by atoms with Gasteiger partial charge in [-0.1, -0.05) is 0 Å². The number of aromatic nitrogens is 2. The van der Waals surface area contributed by atoms with Gasteiger partial charge in [-0.15, -0.1) is 0 Å². The van der Waals surface area contributed by atoms with Crippen LogP contribution in [-0.2, 0) is 4.74 Å². The van der Waals surface area contributed by atoms with Gasteiger partial charge >= 0.3 is 6.03 Å². The van der Waals surface area contributed by atoms with Crippen molar-refractivity contribution in [1.29, 1.82) is 0 Å². The number of hydrogen-bond acceptors (Lipinski definition) is 6. The van der Waals surface area contributed by atoms with Gasteiger partial charge in [-0.3, -0.25) is 4.90 Å². The number of amides is 2. The van der Waals surface area contributed by atoms with Crippen molar-refractivity contribution in [3.63, 3.8) is 0 Å². The lowest BCUT2D eigenvalue weighted by Gasteiger charge is -2.37. The van der Waals surface area contributed by atoms with Crippen molar-refractivity contribution in [2.24, 2.45) is 5.92 Å². The Balaban J connectivity index is 1.13. The average molecular weight is 510 g/mol. The fraction of sp³-hybridized carbons (Fsp3) is 0.643. The number of pyridine rings is 1. The standard InChI is InChI=1S/C28H43N7O2/c1-32(2)28(36)30-24-7-5-22(6-8-24)9-11-33-12-14-34(15-13-33)26-20-23(25-4-3-10-29-25)21-27(31-26)35-16-18-37-19-17-35/h3-4,10,20-22,24,29H,5-9,11-19H2,1-2H3,(H,30,36). The van der Waals surface area contributed by atoms with Gasteiger partial charge in [0.25, 0.3) is 0 Å². The Bertz CT molecular complexity index is 990. The maximum absolute atomic E-state index is 11.9. The minimum atomic E-state index is 0.0336. The van der Waals surface area contributed by atoms with Crippen molar-refractivity contribution in [3.8, 4) is 11.3 Å². The van der Waals surface area contributed by atoms with Crippen molar-refractivity contribution < 1.29 is 9.53 Å². The lowest BCUT2D eigenvalue weighted by atomic mass is 9.84. The van der Waals surface area contributed by atoms with Crippen molar-refractivity contribution >= 4 is 17.7 Å². The quantitative estimate of drug-likeness (QED) is 0.597. The first kappa shape index (κ1) is 25.9. The summed E-state index contributed by atoms with van der Waals surface area (Å²) in [6.07, 6.45) is 7.89. The fourth-order valence-electron chi connectivity index (χ4n) is 5.75. The van der Waals surface area contributed by atoms with Crippen LogP contribution in [0.15, 0.2) is 30.5 Å². The van der Waals surface area contributed by atoms with Crippen molar-refractivity contribution in [1.82, 2.24) is 25.1 Å². The molecule has 37 heavy (non-hydrogen) atoms. The van der Waals surface area contributed by atoms with Crippen LogP contribution in [0.5, 0.6) is 0 Å². The van der Waals surface area contributed by atoms with E-state index in [1.807, 2.05) is 6.20 Å². The van der Waals surface area contributed by atoms with Crippen molar-refractivity contribution in [3.05, 3.63) is 30.5 Å². The van der Waals surface area contributed by atoms with E-state index in [9.17, 15) is 4.79 Å². The molecule has 0 atom stereocenters. The number of hydrogen-bond donors (Lipinski definition) is 2. The van der Waals surface area contributed by atoms with Gasteiger partial charge in [0.05, 0.1) is 13.2 Å². The maximum Gasteiger partial charge on any atom is 0.317 e. The summed E-state index contributed by atoms with van der Waals surface area (Å²) >= 11 is 0. The number of urea groups is 1. The summed E-state index contributed by atoms with van der Waals surface area (Å²) in [6, 6.07) is 8.99. The second kappa shape index (κ2) is 12.2. The van der Waals surface area contributed by atoms with Gasteiger partial charge in [-0.25, -0.2) is 9.78 Å². The zero-order valence-corrected chi connectivity index (χ0v) is 22.5. The van der Waals surface area contributed by atoms with Crippen molar-refractivity contribution in [2.75, 3.05) is 82.9 Å². The van der Waals surface area contributed by atoms with Gasteiger partial charge in [0.1, 0.15) is 11.6 Å². The van der Waals surface area contributed by atoms with Crippen LogP contribution in [0.2, 0.25) is 0 Å². The minimum Gasteiger partial charge on any atom is -0.378 e. The van der Waals surface area contributed by atoms with Crippen LogP contribution in [0.25, 0.3) is 11.3 Å². The summed E-state index contributed by atoms with van der Waals surface area (Å²) in [4.78, 5) is 29.4. The third-order valence-corrected chi connectivity index (χ3v) is 8.17. The molecule has 2 aliphatic heterocycles. The van der Waals surface area contributed by atoms with E-state index in [1.54, 1.807) is 19.0 Å². The number of carbonyl (C=O) groups is 1. The van der Waals surface area contributed by atoms with E-state index in [1.165, 1.54) is 31.4 Å². The van der Waals surface area contributed by atoms with Crippen LogP contribution in [0, 0.1) is 5.92 Å². The van der Waals surface area contributed by atoms with Crippen molar-refractivity contribution in [2.45, 2.75) is 38.1 Å². The molecule has 0 bridgehead atoms. The average Bonchev–Trinajstić information content (AvgIpc) is 3.48. The summed E-state index contributed by atoms with van der Waals surface area (Å²) in [5.74, 6) is 2.90. The first-order chi connectivity index (χ1) is 18.0. The second-order valence-electron chi connectivity index (χ2n) is 10.9. The number of rotatable bonds is 7. The number of morpholine rings is 1. The van der Waals surface area contributed by atoms with Crippen LogP contribution in [0.4, 0.5) is 16.4 Å². The van der Waals surface area contributed by atoms with Gasteiger partial charge in [-0.05, 0) is 68.8 Å². The van der Waals surface area contributed by atoms with E-state index in [-0.39, 0.29) is 6.03 Å². The highest BCUT2D eigenvalue weighted by atomic mass is 16.5. The molecule has 0 aromatic carbocycles. The van der Waals surface area contributed by atoms with Gasteiger partial charge in [0.2, 0.25) is 0 Å². The molecular weight excluding hydrogens is 466 g/mol. The Morgan fingerprint density at radius 2 is 1.70 bits per heavy atom. The molecule has 202 valence electrons. The normalized spacial score (nSPS) is 23.2. The third-order valence-electron chi connectivity index (χ3n) is 8.17. The topological polar surface area (TPSA) is 80.0 Å². The highest BCUT2D eigenvalue weighted by Gasteiger charge is 2.25. The summed E-state index contributed by atoms with van der Waals surface area (Å²) in [6.45, 7) is 8.63. The molecule has 9 heteroatoms. The molecule has 1 saturated carbocycles. The van der Waals surface area contributed by atoms with Gasteiger partial charge in [-0.2, -0.15) is 0 Å². The second-order valence-corrected chi connectivity index (χ2v) is 10.9. The molecule has 1 aliphatic carbocycles. The maximum atomic E-state index is 11.9. The Morgan fingerprint density at radius 3 is 2.32 bits per heavy atom. The first-order valence-electron chi connectivity index (χ1n) is 14.0. The largest absolute Gasteiger partial charge is 0.378 e. The molecule has 0 spiro atoms. The molecule has 9 nitrogen and oxygen atoms in total. The van der Waals surface area contributed by atoms with Gasteiger partial charge in [0, 0.05) is 76.9 Å². The Morgan fingerprint density at radius 1 is 1.03 bits per heavy atom. The number of nitrogens with one attached hydrogen (secondary N) is 2. The molecule has 0 unspecified atom stereocenters. The molecule has 3 aliphatic rings. The number of ether oxygens (including phenoxy) is 1. The predicted octanol–water partition coefficient (Wildman–Crippen LogP) is 3.26. The lowest BCUT2D eigenvalue weighted by molar-refractivity contribution is 0.122. The lowest BCUT2D eigenvalue weighted by Crippen LogP contribution is -2.47. The SMILES string of the molecule is CN(C)C(=O)NC1CCC(CCN2CCN(c3cc(-c4ccc[nH]4)cc(N4CCOCC4)n3)CC2)CC1. The predicted molar refractivity (Wildman–Crippen MR) is 148 cm³/mol. The minimum absolute atomic E-state index is 0.0336. The zero-order chi connectivity index (χ0) is 25.6. The molecule has 2 amide bonds. The van der Waals surface area contributed by atoms with Crippen LogP contribution in [-0.4, -0.2) is 105 Å². The summed E-state index contributed by atoms with van der Waals surface area (Å²) in [5, 5.41) is 3.16. The molecule has 2 aromatic rings. The molecule has 4 heterocycles. The van der Waals surface area contributed by atoms with E-state index in [0.29, 0.717) is 6.04 Å². The summed E-state index contributed by atoms with van der Waals surface area (Å²) < 4.78 is 5.57. The summed E-state index contributed by atoms with van der Waals surface area (Å²) in [7, 11) is 3.61. The number of nitrogens with zero attached hydrogens (tertiary/aromatic N) is 5. The smallest absolute Gasteiger partial charge is 0.317 e. The van der Waals surface area contributed by atoms with Crippen LogP contribution < -0.4 is 15.1 Å². The van der Waals surface area contributed by atoms with E-state index in [4.69, 9.17) is 9.72 Å². The molecule has 0 radical (unpaired) electrons. The van der Waals surface area contributed by atoms with E-state index < -0.39 is 0 Å². The number of anilines is 2. The Hall–Kier alpha value is -2.78. The first-order valence-corrected chi connectivity index (χ1v) is 14.0. The number of carbonyl (C=O) groups excluding carboxylic acids is 1. The monoisotopic (exact) mass is 509 g/mol. The highest BCUT2D eigenvalue weighted by molar-refractivity contribution is 5.73. The molecule has 2 aromatic heterocycles. The number of piperazine rings is 1. The van der Waals surface area contributed by atoms with E-state index in [0.717, 1.165) is 88.6 Å². The molecule has 5 rings (SSSR count). The Labute approximate surface area is 221 Å². The number of aromatic amines is 1. The van der Waals surface area contributed by atoms with Crippen LogP contribution in [0.3, 0.4) is 0 Å². The van der Waals surface area contributed by atoms with E-state index >= 15 is 0 Å². The van der Waals surface area contributed by atoms with Crippen LogP contribution >= 0.6 is 0 Å². The third kappa shape index (κ3) is 6.76. The Kier molecular flexibility index (Phi) is 8.51. The van der Waals surface area contributed by atoms with Gasteiger partial charge < -0.3 is 29.7 Å². The number of H-pyrrole nitrogens is 1. The van der Waals surface area contributed by atoms with E-state index in [2.05, 4.69) is 49.3 Å². The zero-order valence-electron chi connectivity index (χ0n) is 22.5. The molecule has 3 fully saturated rings.